The molecule has 0 N–H and O–H groups in total. The Labute approximate surface area is 163 Å². The first-order valence-corrected chi connectivity index (χ1v) is 8.63. The molecule has 0 aliphatic carbocycles. The Kier molecular flexibility index (Phi) is 4.35. The van der Waals surface area contributed by atoms with Crippen LogP contribution in [0, 0.1) is 0 Å². The Morgan fingerprint density at radius 2 is 1.34 bits per heavy atom. The lowest BCUT2D eigenvalue weighted by molar-refractivity contribution is 0.101. The number of ketones is 2. The van der Waals surface area contributed by atoms with Gasteiger partial charge < -0.3 is 13.6 Å². The van der Waals surface area contributed by atoms with Crippen LogP contribution in [-0.2, 0) is 0 Å². The predicted molar refractivity (Wildman–Crippen MR) is 105 cm³/mol. The molecular formula is C22H14O7. The maximum Gasteiger partial charge on any atom is 0.347 e. The van der Waals surface area contributed by atoms with Crippen molar-refractivity contribution in [2.75, 3.05) is 7.11 Å². The molecule has 0 aliphatic heterocycles. The molecule has 2 aromatic heterocycles. The van der Waals surface area contributed by atoms with Gasteiger partial charge >= 0.3 is 11.3 Å². The van der Waals surface area contributed by atoms with Crippen LogP contribution < -0.4 is 16.0 Å². The molecule has 0 amide bonds. The fourth-order valence-electron chi connectivity index (χ4n) is 3.01. The third kappa shape index (κ3) is 3.23. The third-order valence-electron chi connectivity index (χ3n) is 4.57. The van der Waals surface area contributed by atoms with E-state index in [0.29, 0.717) is 22.1 Å². The summed E-state index contributed by atoms with van der Waals surface area (Å²) < 4.78 is 15.5. The van der Waals surface area contributed by atoms with E-state index in [1.165, 1.54) is 38.3 Å². The third-order valence-corrected chi connectivity index (χ3v) is 4.57. The summed E-state index contributed by atoms with van der Waals surface area (Å²) >= 11 is 0. The lowest BCUT2D eigenvalue weighted by Crippen LogP contribution is -2.20. The van der Waals surface area contributed by atoms with E-state index >= 15 is 0 Å². The molecule has 4 rings (SSSR count). The van der Waals surface area contributed by atoms with Gasteiger partial charge in [0.05, 0.1) is 7.11 Å². The molecule has 2 heterocycles. The van der Waals surface area contributed by atoms with Crippen LogP contribution >= 0.6 is 0 Å². The number of Topliss-reactive ketones (excluding diaryl/α,β-unsaturated/α-hetero) is 1. The van der Waals surface area contributed by atoms with Crippen LogP contribution in [0.1, 0.15) is 33.2 Å². The van der Waals surface area contributed by atoms with E-state index in [2.05, 4.69) is 0 Å². The molecule has 0 fully saturated rings. The number of benzene rings is 2. The van der Waals surface area contributed by atoms with Gasteiger partial charge in [-0.05, 0) is 37.3 Å². The molecule has 144 valence electrons. The van der Waals surface area contributed by atoms with E-state index in [1.807, 2.05) is 0 Å². The lowest BCUT2D eigenvalue weighted by Gasteiger charge is -2.05. The zero-order chi connectivity index (χ0) is 20.7. The number of rotatable bonds is 4. The summed E-state index contributed by atoms with van der Waals surface area (Å²) in [6.45, 7) is 1.39. The molecule has 0 atom stereocenters. The van der Waals surface area contributed by atoms with Gasteiger partial charge in [0.25, 0.3) is 0 Å². The van der Waals surface area contributed by atoms with E-state index in [-0.39, 0.29) is 28.1 Å². The van der Waals surface area contributed by atoms with Gasteiger partial charge in [0.15, 0.2) is 5.78 Å². The lowest BCUT2D eigenvalue weighted by atomic mass is 10.0. The summed E-state index contributed by atoms with van der Waals surface area (Å²) in [6.07, 6.45) is 0. The molecule has 2 aromatic carbocycles. The van der Waals surface area contributed by atoms with E-state index in [0.717, 1.165) is 0 Å². The van der Waals surface area contributed by atoms with Gasteiger partial charge in [-0.15, -0.1) is 0 Å². The Morgan fingerprint density at radius 3 is 1.90 bits per heavy atom. The SMILES string of the molecule is COc1ccc2cc(C(=O)c3cc4ccc(C(C)=O)cc4oc3=O)c(=O)oc2c1. The highest BCUT2D eigenvalue weighted by atomic mass is 16.5. The van der Waals surface area contributed by atoms with E-state index in [1.54, 1.807) is 24.3 Å². The van der Waals surface area contributed by atoms with Crippen LogP contribution in [0.25, 0.3) is 21.9 Å². The number of ether oxygens (including phenoxy) is 1. The number of carbonyl (C=O) groups excluding carboxylic acids is 2. The molecule has 4 aromatic rings. The molecule has 7 nitrogen and oxygen atoms in total. The smallest absolute Gasteiger partial charge is 0.347 e. The van der Waals surface area contributed by atoms with Crippen molar-refractivity contribution >= 4 is 33.5 Å². The Balaban J connectivity index is 1.84. The maximum absolute atomic E-state index is 12.9. The Bertz CT molecular complexity index is 1420. The first kappa shape index (κ1) is 18.4. The van der Waals surface area contributed by atoms with Crippen LogP contribution in [0.3, 0.4) is 0 Å². The normalized spacial score (nSPS) is 11.0. The summed E-state index contributed by atoms with van der Waals surface area (Å²) in [5.41, 5.74) is -1.54. The van der Waals surface area contributed by atoms with Crippen LogP contribution in [0.5, 0.6) is 5.75 Å². The Hall–Kier alpha value is -4.00. The summed E-state index contributed by atoms with van der Waals surface area (Å²) in [6, 6.07) is 12.1. The van der Waals surface area contributed by atoms with Crippen LogP contribution in [-0.4, -0.2) is 18.7 Å². The van der Waals surface area contributed by atoms with Gasteiger partial charge in [-0.25, -0.2) is 9.59 Å². The highest BCUT2D eigenvalue weighted by Crippen LogP contribution is 2.22. The van der Waals surface area contributed by atoms with Crippen LogP contribution in [0.4, 0.5) is 0 Å². The predicted octanol–water partition coefficient (Wildman–Crippen LogP) is 3.34. The largest absolute Gasteiger partial charge is 0.497 e. The van der Waals surface area contributed by atoms with E-state index in [4.69, 9.17) is 13.6 Å². The fourth-order valence-corrected chi connectivity index (χ4v) is 3.01. The average molecular weight is 390 g/mol. The summed E-state index contributed by atoms with van der Waals surface area (Å²) in [4.78, 5) is 49.1. The molecule has 0 aliphatic rings. The van der Waals surface area contributed by atoms with Crippen molar-refractivity contribution in [1.29, 1.82) is 0 Å². The van der Waals surface area contributed by atoms with Crippen LogP contribution in [0.2, 0.25) is 0 Å². The van der Waals surface area contributed by atoms with Crippen molar-refractivity contribution in [2.24, 2.45) is 0 Å². The number of hydrogen-bond donors (Lipinski definition) is 0. The number of carbonyl (C=O) groups is 2. The summed E-state index contributed by atoms with van der Waals surface area (Å²) in [7, 11) is 1.48. The molecule has 0 saturated carbocycles. The van der Waals surface area contributed by atoms with Gasteiger partial charge in [-0.1, -0.05) is 12.1 Å². The zero-order valence-corrected chi connectivity index (χ0v) is 15.5. The van der Waals surface area contributed by atoms with Gasteiger partial charge in [0.1, 0.15) is 28.0 Å². The first-order valence-electron chi connectivity index (χ1n) is 8.63. The van der Waals surface area contributed by atoms with Gasteiger partial charge in [-0.3, -0.25) is 9.59 Å². The topological polar surface area (TPSA) is 104 Å². The maximum atomic E-state index is 12.9. The molecule has 0 spiro atoms. The number of hydrogen-bond acceptors (Lipinski definition) is 7. The second kappa shape index (κ2) is 6.87. The van der Waals surface area contributed by atoms with Gasteiger partial charge in [0, 0.05) is 22.4 Å². The minimum absolute atomic E-state index is 0.178. The zero-order valence-electron chi connectivity index (χ0n) is 15.5. The second-order valence-corrected chi connectivity index (χ2v) is 6.44. The highest BCUT2D eigenvalue weighted by molar-refractivity contribution is 6.10. The molecule has 0 bridgehead atoms. The fraction of sp³-hybridized carbons (Fsp3) is 0.0909. The van der Waals surface area contributed by atoms with Crippen molar-refractivity contribution in [3.63, 3.8) is 0 Å². The number of methoxy groups -OCH3 is 1. The van der Waals surface area contributed by atoms with Gasteiger partial charge in [0.2, 0.25) is 5.78 Å². The van der Waals surface area contributed by atoms with Crippen molar-refractivity contribution < 1.29 is 23.2 Å². The van der Waals surface area contributed by atoms with Crippen molar-refractivity contribution in [1.82, 2.24) is 0 Å². The molecular weight excluding hydrogens is 376 g/mol. The standard InChI is InChI=1S/C22H14O7/c1-11(23)12-3-4-13-7-16(21(25)28-18(13)9-12)20(24)17-8-14-5-6-15(27-2)10-19(14)29-22(17)26/h3-10H,1-2H3. The van der Waals surface area contributed by atoms with Crippen molar-refractivity contribution in [3.05, 3.63) is 86.1 Å². The quantitative estimate of drug-likeness (QED) is 0.389. The molecule has 0 unspecified atom stereocenters. The minimum atomic E-state index is -0.905. The van der Waals surface area contributed by atoms with Crippen molar-refractivity contribution in [2.45, 2.75) is 6.92 Å². The monoisotopic (exact) mass is 390 g/mol. The molecule has 7 heteroatoms. The molecule has 0 saturated heterocycles. The van der Waals surface area contributed by atoms with E-state index < -0.39 is 17.0 Å². The highest BCUT2D eigenvalue weighted by Gasteiger charge is 2.21. The Morgan fingerprint density at radius 1 is 0.793 bits per heavy atom. The van der Waals surface area contributed by atoms with Gasteiger partial charge in [-0.2, -0.15) is 0 Å². The first-order chi connectivity index (χ1) is 13.9. The van der Waals surface area contributed by atoms with Crippen LogP contribution in [0.15, 0.2) is 67.0 Å². The molecule has 29 heavy (non-hydrogen) atoms. The number of fused-ring (bicyclic) bond motifs is 2. The average Bonchev–Trinajstić information content (AvgIpc) is 2.71. The van der Waals surface area contributed by atoms with Crippen molar-refractivity contribution in [3.8, 4) is 5.75 Å². The summed E-state index contributed by atoms with van der Waals surface area (Å²) in [5.74, 6) is -0.484. The summed E-state index contributed by atoms with van der Waals surface area (Å²) in [5, 5.41) is 0.956. The minimum Gasteiger partial charge on any atom is -0.497 e. The second-order valence-electron chi connectivity index (χ2n) is 6.44. The molecule has 0 radical (unpaired) electrons. The van der Waals surface area contributed by atoms with E-state index in [9.17, 15) is 19.2 Å².